The van der Waals surface area contributed by atoms with E-state index >= 15 is 0 Å². The van der Waals surface area contributed by atoms with Crippen molar-refractivity contribution in [1.29, 1.82) is 0 Å². The predicted octanol–water partition coefficient (Wildman–Crippen LogP) is 2.40. The van der Waals surface area contributed by atoms with Crippen LogP contribution in [0.1, 0.15) is 5.82 Å². The molecule has 7 heteroatoms. The van der Waals surface area contributed by atoms with Crippen LogP contribution >= 0.6 is 11.6 Å². The van der Waals surface area contributed by atoms with Crippen LogP contribution in [0.2, 0.25) is 5.15 Å². The number of alkyl halides is 3. The molecule has 0 aliphatic rings. The first kappa shape index (κ1) is 9.26. The summed E-state index contributed by atoms with van der Waals surface area (Å²) in [7, 11) is 0. The number of aromatic nitrogens is 3. The van der Waals surface area contributed by atoms with E-state index in [0.717, 1.165) is 4.52 Å². The normalized spacial score (nSPS) is 12.3. The van der Waals surface area contributed by atoms with E-state index < -0.39 is 12.0 Å². The second-order valence-electron chi connectivity index (χ2n) is 2.55. The Hall–Kier alpha value is -1.30. The first-order valence-electron chi connectivity index (χ1n) is 3.57. The molecule has 0 spiro atoms. The number of hydrogen-bond donors (Lipinski definition) is 0. The maximum atomic E-state index is 12.2. The van der Waals surface area contributed by atoms with Crippen molar-refractivity contribution >= 4 is 17.2 Å². The van der Waals surface area contributed by atoms with Gasteiger partial charge in [0.05, 0.1) is 0 Å². The molecule has 2 rings (SSSR count). The van der Waals surface area contributed by atoms with E-state index in [1.165, 1.54) is 18.2 Å². The van der Waals surface area contributed by atoms with Gasteiger partial charge in [-0.2, -0.15) is 13.2 Å². The van der Waals surface area contributed by atoms with Gasteiger partial charge in [0.2, 0.25) is 0 Å². The largest absolute Gasteiger partial charge is 0.453 e. The minimum Gasteiger partial charge on any atom is -0.203 e. The van der Waals surface area contributed by atoms with Crippen molar-refractivity contribution in [3.63, 3.8) is 0 Å². The summed E-state index contributed by atoms with van der Waals surface area (Å²) in [6, 6.07) is 4.34. The molecule has 0 amide bonds. The predicted molar refractivity (Wildman–Crippen MR) is 43.0 cm³/mol. The van der Waals surface area contributed by atoms with Gasteiger partial charge in [0.1, 0.15) is 5.15 Å². The fourth-order valence-corrected chi connectivity index (χ4v) is 1.19. The zero-order valence-electron chi connectivity index (χ0n) is 6.59. The van der Waals surface area contributed by atoms with Crippen LogP contribution in [-0.2, 0) is 6.18 Å². The SMILES string of the molecule is FC(F)(F)c1nc2cccc(Cl)n2n1. The molecule has 2 heterocycles. The zero-order chi connectivity index (χ0) is 10.3. The summed E-state index contributed by atoms with van der Waals surface area (Å²) in [4.78, 5) is 3.29. The van der Waals surface area contributed by atoms with Crippen LogP contribution in [0.25, 0.3) is 5.65 Å². The number of fused-ring (bicyclic) bond motifs is 1. The molecule has 0 saturated heterocycles. The fraction of sp³-hybridized carbons (Fsp3) is 0.143. The third-order valence-corrected chi connectivity index (χ3v) is 1.85. The van der Waals surface area contributed by atoms with Gasteiger partial charge in [-0.1, -0.05) is 17.7 Å². The Balaban J connectivity index is 2.69. The van der Waals surface area contributed by atoms with E-state index in [9.17, 15) is 13.2 Å². The van der Waals surface area contributed by atoms with Crippen LogP contribution in [0.4, 0.5) is 13.2 Å². The van der Waals surface area contributed by atoms with Crippen LogP contribution < -0.4 is 0 Å². The molecular weight excluding hydrogens is 219 g/mol. The van der Waals surface area contributed by atoms with Gasteiger partial charge in [0.25, 0.3) is 5.82 Å². The number of nitrogens with zero attached hydrogens (tertiary/aromatic N) is 3. The Kier molecular flexibility index (Phi) is 1.88. The monoisotopic (exact) mass is 221 g/mol. The Labute approximate surface area is 81.1 Å². The van der Waals surface area contributed by atoms with Gasteiger partial charge in [0, 0.05) is 0 Å². The molecule has 0 unspecified atom stereocenters. The highest BCUT2D eigenvalue weighted by atomic mass is 35.5. The van der Waals surface area contributed by atoms with Crippen molar-refractivity contribution in [3.8, 4) is 0 Å². The molecule has 0 N–H and O–H groups in total. The van der Waals surface area contributed by atoms with Crippen molar-refractivity contribution < 1.29 is 13.2 Å². The maximum absolute atomic E-state index is 12.2. The Morgan fingerprint density at radius 3 is 2.57 bits per heavy atom. The molecule has 2 aromatic rings. The molecular formula is C7H3ClF3N3. The van der Waals surface area contributed by atoms with Crippen molar-refractivity contribution in [3.05, 3.63) is 29.2 Å². The summed E-state index contributed by atoms with van der Waals surface area (Å²) in [5, 5.41) is 3.32. The average molecular weight is 222 g/mol. The maximum Gasteiger partial charge on any atom is 0.453 e. The molecule has 0 aliphatic heterocycles. The Bertz CT molecular complexity index is 476. The van der Waals surface area contributed by atoms with Crippen molar-refractivity contribution in [2.75, 3.05) is 0 Å². The van der Waals surface area contributed by atoms with Gasteiger partial charge >= 0.3 is 6.18 Å². The van der Waals surface area contributed by atoms with Crippen LogP contribution in [0, 0.1) is 0 Å². The summed E-state index contributed by atoms with van der Waals surface area (Å²) >= 11 is 5.61. The standard InChI is InChI=1S/C7H3ClF3N3/c8-4-2-1-3-5-12-6(7(9,10)11)13-14(4)5/h1-3H. The highest BCUT2D eigenvalue weighted by Gasteiger charge is 2.36. The fourth-order valence-electron chi connectivity index (χ4n) is 0.994. The van der Waals surface area contributed by atoms with Gasteiger partial charge in [0.15, 0.2) is 5.65 Å². The first-order valence-corrected chi connectivity index (χ1v) is 3.95. The summed E-state index contributed by atoms with van der Waals surface area (Å²) in [5.41, 5.74) is 0.0739. The molecule has 0 saturated carbocycles. The highest BCUT2D eigenvalue weighted by Crippen LogP contribution is 2.27. The van der Waals surface area contributed by atoms with Crippen LogP contribution in [0.15, 0.2) is 18.2 Å². The topological polar surface area (TPSA) is 30.2 Å². The molecule has 0 bridgehead atoms. The Morgan fingerprint density at radius 1 is 1.29 bits per heavy atom. The molecule has 2 aromatic heterocycles. The lowest BCUT2D eigenvalue weighted by Gasteiger charge is -1.97. The van der Waals surface area contributed by atoms with Crippen molar-refractivity contribution in [2.45, 2.75) is 6.18 Å². The van der Waals surface area contributed by atoms with Gasteiger partial charge in [-0.05, 0) is 12.1 Å². The zero-order valence-corrected chi connectivity index (χ0v) is 7.34. The molecule has 3 nitrogen and oxygen atoms in total. The molecule has 74 valence electrons. The minimum absolute atomic E-state index is 0.0739. The van der Waals surface area contributed by atoms with E-state index in [1.54, 1.807) is 0 Å². The van der Waals surface area contributed by atoms with E-state index in [0.29, 0.717) is 0 Å². The summed E-state index contributed by atoms with van der Waals surface area (Å²) in [6.45, 7) is 0. The van der Waals surface area contributed by atoms with E-state index in [2.05, 4.69) is 10.1 Å². The molecule has 14 heavy (non-hydrogen) atoms. The second-order valence-corrected chi connectivity index (χ2v) is 2.94. The van der Waals surface area contributed by atoms with E-state index in [1.807, 2.05) is 0 Å². The quantitative estimate of drug-likeness (QED) is 0.640. The van der Waals surface area contributed by atoms with Gasteiger partial charge in [-0.25, -0.2) is 9.50 Å². The van der Waals surface area contributed by atoms with Gasteiger partial charge in [-0.15, -0.1) is 5.10 Å². The number of halogens is 4. The number of rotatable bonds is 0. The van der Waals surface area contributed by atoms with E-state index in [-0.39, 0.29) is 10.8 Å². The van der Waals surface area contributed by atoms with Crippen molar-refractivity contribution in [1.82, 2.24) is 14.6 Å². The third kappa shape index (κ3) is 1.41. The lowest BCUT2D eigenvalue weighted by Crippen LogP contribution is -2.07. The van der Waals surface area contributed by atoms with Crippen molar-refractivity contribution in [2.24, 2.45) is 0 Å². The molecule has 0 fully saturated rings. The van der Waals surface area contributed by atoms with Crippen LogP contribution in [0.3, 0.4) is 0 Å². The highest BCUT2D eigenvalue weighted by molar-refractivity contribution is 6.29. The van der Waals surface area contributed by atoms with E-state index in [4.69, 9.17) is 11.6 Å². The number of hydrogen-bond acceptors (Lipinski definition) is 2. The van der Waals surface area contributed by atoms with Gasteiger partial charge in [-0.3, -0.25) is 0 Å². The average Bonchev–Trinajstić information content (AvgIpc) is 2.48. The summed E-state index contributed by atoms with van der Waals surface area (Å²) in [5.74, 6) is -1.19. The molecule has 0 radical (unpaired) electrons. The minimum atomic E-state index is -4.55. The summed E-state index contributed by atoms with van der Waals surface area (Å²) in [6.07, 6.45) is -4.55. The lowest BCUT2D eigenvalue weighted by molar-refractivity contribution is -0.144. The first-order chi connectivity index (χ1) is 6.48. The van der Waals surface area contributed by atoms with Gasteiger partial charge < -0.3 is 0 Å². The smallest absolute Gasteiger partial charge is 0.203 e. The lowest BCUT2D eigenvalue weighted by atomic mass is 10.5. The summed E-state index contributed by atoms with van der Waals surface area (Å²) < 4.78 is 37.5. The second kappa shape index (κ2) is 2.84. The molecule has 0 aliphatic carbocycles. The number of pyridine rings is 1. The third-order valence-electron chi connectivity index (χ3n) is 1.57. The van der Waals surface area contributed by atoms with Crippen LogP contribution in [0.5, 0.6) is 0 Å². The van der Waals surface area contributed by atoms with Crippen LogP contribution in [-0.4, -0.2) is 14.6 Å². The molecule has 0 atom stereocenters. The molecule has 0 aromatic carbocycles. The Morgan fingerprint density at radius 2 is 2.00 bits per heavy atom.